The van der Waals surface area contributed by atoms with Crippen LogP contribution in [0.2, 0.25) is 18.1 Å². The number of benzene rings is 1. The van der Waals surface area contributed by atoms with Crippen molar-refractivity contribution in [3.05, 3.63) is 47.0 Å². The Morgan fingerprint density at radius 2 is 1.87 bits per heavy atom. The Morgan fingerprint density at radius 3 is 2.53 bits per heavy atom. The number of hydrogen-bond donors (Lipinski definition) is 2. The normalized spacial score (nSPS) is 14.5. The average molecular weight is 640 g/mol. The molecule has 2 N–H and O–H groups in total. The molecule has 3 heterocycles. The Morgan fingerprint density at radius 1 is 1.13 bits per heavy atom. The summed E-state index contributed by atoms with van der Waals surface area (Å²) in [5.74, 6) is 0.769. The van der Waals surface area contributed by atoms with E-state index in [1.54, 1.807) is 47.7 Å². The van der Waals surface area contributed by atoms with Gasteiger partial charge in [0.15, 0.2) is 8.32 Å². The lowest BCUT2D eigenvalue weighted by Gasteiger charge is -2.36. The minimum Gasteiger partial charge on any atom is -0.496 e. The Labute approximate surface area is 265 Å². The van der Waals surface area contributed by atoms with Crippen molar-refractivity contribution in [2.24, 2.45) is 0 Å². The molecule has 13 nitrogen and oxygen atoms in total. The highest BCUT2D eigenvalue weighted by Gasteiger charge is 2.37. The maximum atomic E-state index is 13.5. The average Bonchev–Trinajstić information content (AvgIpc) is 3.47. The van der Waals surface area contributed by atoms with Crippen LogP contribution in [-0.2, 0) is 22.1 Å². The Balaban J connectivity index is 1.50. The van der Waals surface area contributed by atoms with E-state index in [0.29, 0.717) is 48.2 Å². The highest BCUT2D eigenvalue weighted by Crippen LogP contribution is 2.37. The van der Waals surface area contributed by atoms with Crippen LogP contribution in [0, 0.1) is 0 Å². The molecule has 2 amide bonds. The number of amides is 2. The topological polar surface area (TPSA) is 154 Å². The van der Waals surface area contributed by atoms with E-state index < -0.39 is 25.9 Å². The predicted octanol–water partition coefficient (Wildman–Crippen LogP) is 4.84. The molecule has 2 aromatic heterocycles. The van der Waals surface area contributed by atoms with Gasteiger partial charge in [-0.05, 0) is 91.1 Å². The number of nitrogens with one attached hydrogen (secondary N) is 1. The fourth-order valence-corrected chi connectivity index (χ4v) is 5.60. The number of ether oxygens (including phenoxy) is 2. The zero-order valence-corrected chi connectivity index (χ0v) is 28.7. The van der Waals surface area contributed by atoms with Crippen molar-refractivity contribution >= 4 is 26.1 Å². The van der Waals surface area contributed by atoms with Crippen LogP contribution in [0.4, 0.5) is 10.6 Å². The Kier molecular flexibility index (Phi) is 10.00. The summed E-state index contributed by atoms with van der Waals surface area (Å²) in [6.45, 7) is 17.2. The van der Waals surface area contributed by atoms with E-state index in [-0.39, 0.29) is 24.2 Å². The quantitative estimate of drug-likeness (QED) is 0.295. The molecule has 0 spiro atoms. The molecule has 0 fully saturated rings. The monoisotopic (exact) mass is 639 g/mol. The number of hydrogen-bond acceptors (Lipinski definition) is 10. The van der Waals surface area contributed by atoms with Gasteiger partial charge in [0, 0.05) is 13.1 Å². The molecule has 14 heteroatoms. The predicted molar refractivity (Wildman–Crippen MR) is 172 cm³/mol. The standard InChI is InChI=1S/C31H45N7O6Si/c1-20(18-44-45(8,9)30(2,3)4)38-27(34-35-36-38)24-11-10-12-26(32-24)33-28(39)23-15-22-17-37(29(40)43-19-31(5,6)41)14-13-21(22)16-25(23)42-7/h10-12,15-16,20,41H,13-14,17-19H2,1-9H3,(H,32,33,39)/t20-/m1/s1. The zero-order valence-electron chi connectivity index (χ0n) is 27.7. The van der Waals surface area contributed by atoms with Crippen LogP contribution in [0.5, 0.6) is 5.75 Å². The highest BCUT2D eigenvalue weighted by molar-refractivity contribution is 6.74. The van der Waals surface area contributed by atoms with Crippen LogP contribution < -0.4 is 10.1 Å². The van der Waals surface area contributed by atoms with Crippen molar-refractivity contribution < 1.29 is 28.6 Å². The SMILES string of the molecule is COc1cc2c(cc1C(=O)Nc1cccc(-c3nnnn3[C@H](C)CO[Si](C)(C)C(C)(C)C)n1)CN(C(=O)OCC(C)(C)O)CC2. The van der Waals surface area contributed by atoms with E-state index in [1.165, 1.54) is 7.11 Å². The summed E-state index contributed by atoms with van der Waals surface area (Å²) in [5, 5.41) is 25.1. The number of rotatable bonds is 10. The van der Waals surface area contributed by atoms with Gasteiger partial charge in [-0.1, -0.05) is 26.8 Å². The number of methoxy groups -OCH3 is 1. The van der Waals surface area contributed by atoms with E-state index in [2.05, 4.69) is 59.7 Å². The van der Waals surface area contributed by atoms with Gasteiger partial charge in [0.2, 0.25) is 5.82 Å². The van der Waals surface area contributed by atoms with Gasteiger partial charge in [-0.3, -0.25) is 4.79 Å². The molecular weight excluding hydrogens is 594 g/mol. The molecule has 0 bridgehead atoms. The minimum absolute atomic E-state index is 0.0774. The smallest absolute Gasteiger partial charge is 0.410 e. The van der Waals surface area contributed by atoms with Crippen LogP contribution in [0.1, 0.15) is 69.1 Å². The number of nitrogens with zero attached hydrogens (tertiary/aromatic N) is 6. The largest absolute Gasteiger partial charge is 0.496 e. The van der Waals surface area contributed by atoms with Gasteiger partial charge in [0.1, 0.15) is 23.9 Å². The number of fused-ring (bicyclic) bond motifs is 1. The molecule has 0 unspecified atom stereocenters. The van der Waals surface area contributed by atoms with E-state index in [4.69, 9.17) is 13.9 Å². The van der Waals surface area contributed by atoms with Gasteiger partial charge < -0.3 is 29.2 Å². The number of pyridine rings is 1. The molecule has 0 aliphatic carbocycles. The number of carbonyl (C=O) groups is 2. The van der Waals surface area contributed by atoms with E-state index in [1.807, 2.05) is 13.0 Å². The first-order chi connectivity index (χ1) is 21.0. The van der Waals surface area contributed by atoms with Crippen LogP contribution >= 0.6 is 0 Å². The molecule has 0 saturated heterocycles. The molecule has 0 radical (unpaired) electrons. The molecule has 1 atom stereocenters. The maximum Gasteiger partial charge on any atom is 0.410 e. The van der Waals surface area contributed by atoms with E-state index in [0.717, 1.165) is 11.1 Å². The Bertz CT molecular complexity index is 1530. The maximum absolute atomic E-state index is 13.5. The lowest BCUT2D eigenvalue weighted by atomic mass is 9.96. The minimum atomic E-state index is -1.96. The van der Waals surface area contributed by atoms with Crippen molar-refractivity contribution in [3.8, 4) is 17.3 Å². The molecule has 1 aliphatic heterocycles. The first-order valence-corrected chi connectivity index (χ1v) is 17.9. The summed E-state index contributed by atoms with van der Waals surface area (Å²) in [5.41, 5.74) is 1.46. The number of aromatic nitrogens is 5. The number of aliphatic hydroxyl groups is 1. The highest BCUT2D eigenvalue weighted by atomic mass is 28.4. The zero-order chi connectivity index (χ0) is 33.2. The van der Waals surface area contributed by atoms with Crippen LogP contribution in [-0.4, -0.2) is 88.0 Å². The van der Waals surface area contributed by atoms with E-state index in [9.17, 15) is 14.7 Å². The molecule has 1 aliphatic rings. The first-order valence-electron chi connectivity index (χ1n) is 15.0. The van der Waals surface area contributed by atoms with Crippen molar-refractivity contribution in [3.63, 3.8) is 0 Å². The van der Waals surface area contributed by atoms with Crippen molar-refractivity contribution in [2.45, 2.75) is 84.3 Å². The van der Waals surface area contributed by atoms with Gasteiger partial charge in [0.25, 0.3) is 5.91 Å². The molecule has 0 saturated carbocycles. The molecule has 4 rings (SSSR count). The molecule has 45 heavy (non-hydrogen) atoms. The second-order valence-corrected chi connectivity index (χ2v) is 18.4. The van der Waals surface area contributed by atoms with Gasteiger partial charge in [-0.2, -0.15) is 0 Å². The first kappa shape index (κ1) is 34.0. The fourth-order valence-electron chi connectivity index (χ4n) is 4.51. The van der Waals surface area contributed by atoms with E-state index >= 15 is 0 Å². The van der Waals surface area contributed by atoms with Crippen molar-refractivity contribution in [1.29, 1.82) is 0 Å². The second-order valence-electron chi connectivity index (χ2n) is 13.6. The Hall–Kier alpha value is -3.88. The van der Waals surface area contributed by atoms with Crippen LogP contribution in [0.25, 0.3) is 11.5 Å². The summed E-state index contributed by atoms with van der Waals surface area (Å²) in [4.78, 5) is 32.3. The van der Waals surface area contributed by atoms with Gasteiger partial charge in [-0.25, -0.2) is 14.5 Å². The van der Waals surface area contributed by atoms with Gasteiger partial charge in [0.05, 0.1) is 30.9 Å². The number of anilines is 1. The molecule has 1 aromatic carbocycles. The lowest BCUT2D eigenvalue weighted by molar-refractivity contribution is -0.00487. The summed E-state index contributed by atoms with van der Waals surface area (Å²) in [6, 6.07) is 8.66. The summed E-state index contributed by atoms with van der Waals surface area (Å²) in [6.07, 6.45) is 0.0527. The van der Waals surface area contributed by atoms with Crippen LogP contribution in [0.3, 0.4) is 0 Å². The third-order valence-electron chi connectivity index (χ3n) is 8.21. The van der Waals surface area contributed by atoms with Gasteiger partial charge >= 0.3 is 6.09 Å². The molecule has 244 valence electrons. The molecule has 3 aromatic rings. The van der Waals surface area contributed by atoms with Crippen molar-refractivity contribution in [1.82, 2.24) is 30.1 Å². The third kappa shape index (κ3) is 8.24. The fraction of sp³-hybridized carbons (Fsp3) is 0.548. The number of tetrazole rings is 1. The summed E-state index contributed by atoms with van der Waals surface area (Å²) in [7, 11) is -0.454. The van der Waals surface area contributed by atoms with Crippen molar-refractivity contribution in [2.75, 3.05) is 32.2 Å². The summed E-state index contributed by atoms with van der Waals surface area (Å²) < 4.78 is 18.9. The van der Waals surface area contributed by atoms with Crippen LogP contribution in [0.15, 0.2) is 30.3 Å². The number of carbonyl (C=O) groups excluding carboxylic acids is 2. The second kappa shape index (κ2) is 13.2. The van der Waals surface area contributed by atoms with Gasteiger partial charge in [-0.15, -0.1) is 5.10 Å². The molecular formula is C31H45N7O6Si. The third-order valence-corrected chi connectivity index (χ3v) is 12.7. The summed E-state index contributed by atoms with van der Waals surface area (Å²) >= 11 is 0. The lowest BCUT2D eigenvalue weighted by Crippen LogP contribution is -2.42.